The molecule has 0 aliphatic carbocycles. The quantitative estimate of drug-likeness (QED) is 0.117. The van der Waals surface area contributed by atoms with Crippen molar-refractivity contribution in [1.82, 2.24) is 0 Å². The molecule has 0 atom stereocenters. The second-order valence-corrected chi connectivity index (χ2v) is 24.5. The van der Waals surface area contributed by atoms with Crippen molar-refractivity contribution in [3.63, 3.8) is 0 Å². The summed E-state index contributed by atoms with van der Waals surface area (Å²) in [5.74, 6) is -2.33. The van der Waals surface area contributed by atoms with Crippen LogP contribution in [-0.2, 0) is 17.0 Å². The molecule has 46 heavy (non-hydrogen) atoms. The van der Waals surface area contributed by atoms with Crippen LogP contribution >= 0.6 is 18.6 Å². The fourth-order valence-electron chi connectivity index (χ4n) is 4.06. The van der Waals surface area contributed by atoms with Crippen LogP contribution in [0.3, 0.4) is 0 Å². The van der Waals surface area contributed by atoms with Gasteiger partial charge in [-0.3, -0.25) is 9.98 Å². The molecule has 4 aromatic carbocycles. The summed E-state index contributed by atoms with van der Waals surface area (Å²) in [6.07, 6.45) is 2.85. The van der Waals surface area contributed by atoms with E-state index in [2.05, 4.69) is 49.3 Å². The number of benzene rings is 4. The van der Waals surface area contributed by atoms with Crippen LogP contribution in [0.5, 0.6) is 11.5 Å². The predicted molar refractivity (Wildman–Crippen MR) is 188 cm³/mol. The Morgan fingerprint density at radius 2 is 0.870 bits per heavy atom. The molecule has 0 aliphatic heterocycles. The van der Waals surface area contributed by atoms with E-state index < -0.39 is 56.4 Å². The van der Waals surface area contributed by atoms with Crippen LogP contribution in [0, 0.1) is 23.3 Å². The first kappa shape index (κ1) is 41.3. The fraction of sp³-hybridized carbons (Fsp3) is 0.212. The summed E-state index contributed by atoms with van der Waals surface area (Å²) in [7, 11) is 6.44. The zero-order chi connectivity index (χ0) is 33.9. The molecule has 0 aliphatic rings. The van der Waals surface area contributed by atoms with E-state index in [1.54, 1.807) is 12.1 Å². The summed E-state index contributed by atoms with van der Waals surface area (Å²) in [4.78, 5) is 8.07. The summed E-state index contributed by atoms with van der Waals surface area (Å²) < 4.78 is 52.4. The van der Waals surface area contributed by atoms with E-state index in [9.17, 15) is 27.8 Å². The summed E-state index contributed by atoms with van der Waals surface area (Å²) in [6.45, 7) is 12.8. The monoisotopic (exact) mass is 744 g/mol. The van der Waals surface area contributed by atoms with Gasteiger partial charge in [0.05, 0.1) is 27.5 Å². The molecule has 0 radical (unpaired) electrons. The van der Waals surface area contributed by atoms with Crippen LogP contribution in [0.4, 0.5) is 28.9 Å². The second-order valence-electron chi connectivity index (χ2n) is 11.8. The number of phenols is 2. The molecular formula is C33H38Cl2F4N2O2Si2Ti. The minimum atomic E-state index is -1.67. The van der Waals surface area contributed by atoms with Crippen molar-refractivity contribution in [3.05, 3.63) is 107 Å². The van der Waals surface area contributed by atoms with Gasteiger partial charge in [-0.05, 0) is 46.8 Å². The Hall–Kier alpha value is -2.73. The number of para-hydroxylation sites is 2. The molecule has 0 bridgehead atoms. The summed E-state index contributed by atoms with van der Waals surface area (Å²) in [5, 5.41) is 22.5. The van der Waals surface area contributed by atoms with E-state index >= 15 is 0 Å². The van der Waals surface area contributed by atoms with E-state index in [4.69, 9.17) is 18.6 Å². The topological polar surface area (TPSA) is 65.2 Å². The maximum absolute atomic E-state index is 13.1. The van der Waals surface area contributed by atoms with Crippen molar-refractivity contribution >= 4 is 68.9 Å². The van der Waals surface area contributed by atoms with Gasteiger partial charge in [-0.1, -0.05) is 71.0 Å². The molecule has 4 rings (SSSR count). The van der Waals surface area contributed by atoms with Crippen molar-refractivity contribution in [2.75, 3.05) is 0 Å². The van der Waals surface area contributed by atoms with E-state index in [-0.39, 0.29) is 30.3 Å². The standard InChI is InChI=1S/2C16H17F2NOSi.CH4.2ClH.Ti/c2*1-21(2,3)15-6-4-5-11(16(15)20)10-19-14-8-12(17)7-13(18)9-14;;;;/h2*4-10,20H,1-3H3;1H4;2*1H;/q;;;;;+2/p-2. The van der Waals surface area contributed by atoms with Gasteiger partial charge in [-0.15, -0.1) is 0 Å². The SMILES string of the molecule is C.C[Si](C)(C)c1cccc(C=Nc2cc(F)cc(F)c2)c1O.C[Si](C)(C)c1cccc(C=Nc2cc(F)cc(F)c2)c1O.[Cl][Ti][Cl]. The molecule has 2 N–H and O–H groups in total. The fourth-order valence-corrected chi connectivity index (χ4v) is 6.96. The molecular weight excluding hydrogens is 707 g/mol. The molecule has 4 nitrogen and oxygen atoms in total. The van der Waals surface area contributed by atoms with E-state index in [0.29, 0.717) is 11.1 Å². The number of rotatable bonds is 6. The van der Waals surface area contributed by atoms with Crippen molar-refractivity contribution in [3.8, 4) is 11.5 Å². The Morgan fingerprint density at radius 3 is 1.13 bits per heavy atom. The van der Waals surface area contributed by atoms with Gasteiger partial charge in [0.25, 0.3) is 0 Å². The first-order valence-electron chi connectivity index (χ1n) is 13.6. The Balaban J connectivity index is 0.000000415. The van der Waals surface area contributed by atoms with E-state index in [1.807, 2.05) is 24.3 Å². The molecule has 0 fully saturated rings. The summed E-state index contributed by atoms with van der Waals surface area (Å²) in [6, 6.07) is 17.1. The Kier molecular flexibility index (Phi) is 16.7. The summed E-state index contributed by atoms with van der Waals surface area (Å²) in [5.41, 5.74) is 1.43. The molecule has 4 aromatic rings. The van der Waals surface area contributed by atoms with Crippen LogP contribution in [0.1, 0.15) is 18.6 Å². The third-order valence-electron chi connectivity index (χ3n) is 6.15. The normalized spacial score (nSPS) is 11.3. The number of nitrogens with zero attached hydrogens (tertiary/aromatic N) is 2. The van der Waals surface area contributed by atoms with Gasteiger partial charge in [0.15, 0.2) is 0 Å². The number of phenolic OH excluding ortho intramolecular Hbond substituents is 2. The zero-order valence-electron chi connectivity index (χ0n) is 25.6. The molecule has 13 heteroatoms. The van der Waals surface area contributed by atoms with Crippen molar-refractivity contribution in [2.45, 2.75) is 46.7 Å². The number of aromatic hydroxyl groups is 2. The Labute approximate surface area is 287 Å². The molecule has 0 saturated carbocycles. The number of hydrogen-bond acceptors (Lipinski definition) is 4. The first-order valence-corrected chi connectivity index (χ1v) is 24.9. The Morgan fingerprint density at radius 1 is 0.587 bits per heavy atom. The van der Waals surface area contributed by atoms with Gasteiger partial charge in [0.2, 0.25) is 0 Å². The van der Waals surface area contributed by atoms with Crippen LogP contribution < -0.4 is 10.4 Å². The van der Waals surface area contributed by atoms with Gasteiger partial charge in [-0.25, -0.2) is 17.6 Å². The maximum atomic E-state index is 13.1. The third-order valence-corrected chi connectivity index (χ3v) is 10.2. The van der Waals surface area contributed by atoms with E-state index in [0.717, 1.165) is 46.8 Å². The van der Waals surface area contributed by atoms with Crippen LogP contribution in [0.2, 0.25) is 39.3 Å². The van der Waals surface area contributed by atoms with Crippen molar-refractivity contribution in [1.29, 1.82) is 0 Å². The zero-order valence-corrected chi connectivity index (χ0v) is 30.7. The third kappa shape index (κ3) is 13.2. The van der Waals surface area contributed by atoms with Crippen molar-refractivity contribution in [2.24, 2.45) is 9.98 Å². The Bertz CT molecular complexity index is 1500. The van der Waals surface area contributed by atoms with Crippen molar-refractivity contribution < 1.29 is 44.8 Å². The van der Waals surface area contributed by atoms with Gasteiger partial charge >= 0.3 is 35.6 Å². The molecule has 0 unspecified atom stereocenters. The minimum absolute atomic E-state index is 0. The average Bonchev–Trinajstić information content (AvgIpc) is 2.90. The van der Waals surface area contributed by atoms with Gasteiger partial charge < -0.3 is 10.2 Å². The second kappa shape index (κ2) is 18.6. The molecule has 0 saturated heterocycles. The van der Waals surface area contributed by atoms with Gasteiger partial charge in [0.1, 0.15) is 34.8 Å². The number of aliphatic imine (C=N–C) groups is 2. The average molecular weight is 746 g/mol. The molecule has 0 aromatic heterocycles. The predicted octanol–water partition coefficient (Wildman–Crippen LogP) is 9.94. The van der Waals surface area contributed by atoms with E-state index in [1.165, 1.54) is 12.4 Å². The molecule has 246 valence electrons. The van der Waals surface area contributed by atoms with Gasteiger partial charge in [0, 0.05) is 35.7 Å². The number of halogens is 6. The van der Waals surface area contributed by atoms with Crippen LogP contribution in [-0.4, -0.2) is 38.8 Å². The number of hydrogen-bond donors (Lipinski definition) is 2. The first-order chi connectivity index (χ1) is 21.0. The summed E-state index contributed by atoms with van der Waals surface area (Å²) >= 11 is -0.556. The van der Waals surface area contributed by atoms with Crippen LogP contribution in [0.15, 0.2) is 82.8 Å². The molecule has 0 amide bonds. The van der Waals surface area contributed by atoms with Crippen LogP contribution in [0.25, 0.3) is 0 Å². The molecule has 0 heterocycles. The molecule has 0 spiro atoms. The van der Waals surface area contributed by atoms with Gasteiger partial charge in [-0.2, -0.15) is 0 Å².